The van der Waals surface area contributed by atoms with Crippen molar-refractivity contribution in [3.63, 3.8) is 0 Å². The number of nitrogens with zero attached hydrogens (tertiary/aromatic N) is 4. The lowest BCUT2D eigenvalue weighted by molar-refractivity contribution is -0.137. The van der Waals surface area contributed by atoms with Crippen molar-refractivity contribution in [2.24, 2.45) is 0 Å². The van der Waals surface area contributed by atoms with E-state index in [0.29, 0.717) is 5.69 Å². The summed E-state index contributed by atoms with van der Waals surface area (Å²) < 4.78 is 38.0. The van der Waals surface area contributed by atoms with Gasteiger partial charge in [0, 0.05) is 6.20 Å². The largest absolute Gasteiger partial charge is 0.419 e. The molecule has 8 heteroatoms. The quantitative estimate of drug-likeness (QED) is 0.835. The van der Waals surface area contributed by atoms with Crippen molar-refractivity contribution in [2.45, 2.75) is 12.7 Å². The fourth-order valence-corrected chi connectivity index (χ4v) is 1.28. The highest BCUT2D eigenvalue weighted by Crippen LogP contribution is 2.28. The molecule has 0 aliphatic carbocycles. The molecule has 0 aliphatic rings. The zero-order valence-corrected chi connectivity index (χ0v) is 9.07. The van der Waals surface area contributed by atoms with E-state index >= 15 is 0 Å². The molecule has 2 aromatic heterocycles. The van der Waals surface area contributed by atoms with Crippen LogP contribution in [0.1, 0.15) is 11.3 Å². The minimum absolute atomic E-state index is 0.111. The summed E-state index contributed by atoms with van der Waals surface area (Å²) in [5.41, 5.74) is -0.314. The van der Waals surface area contributed by atoms with Crippen LogP contribution < -0.4 is 0 Å². The smallest absolute Gasteiger partial charge is 0.266 e. The van der Waals surface area contributed by atoms with Crippen molar-refractivity contribution >= 4 is 11.6 Å². The molecule has 0 bridgehead atoms. The third kappa shape index (κ3) is 2.94. The second-order valence-electron chi connectivity index (χ2n) is 3.25. The van der Waals surface area contributed by atoms with Gasteiger partial charge in [-0.2, -0.15) is 18.3 Å². The van der Waals surface area contributed by atoms with Gasteiger partial charge in [0.25, 0.3) is 0 Å². The second kappa shape index (κ2) is 4.33. The maximum Gasteiger partial charge on any atom is 0.419 e. The van der Waals surface area contributed by atoms with E-state index in [9.17, 15) is 13.2 Å². The highest BCUT2D eigenvalue weighted by molar-refractivity contribution is 6.29. The Bertz CT molecular complexity index is 506. The molecule has 0 saturated carbocycles. The van der Waals surface area contributed by atoms with Gasteiger partial charge in [-0.1, -0.05) is 11.6 Å². The third-order valence-electron chi connectivity index (χ3n) is 1.96. The lowest BCUT2D eigenvalue weighted by atomic mass is 10.3. The Labute approximate surface area is 99.1 Å². The number of alkyl halides is 3. The van der Waals surface area contributed by atoms with Crippen molar-refractivity contribution in [1.29, 1.82) is 0 Å². The Hall–Kier alpha value is -1.63. The topological polar surface area (TPSA) is 43.6 Å². The highest BCUT2D eigenvalue weighted by atomic mass is 35.5. The fourth-order valence-electron chi connectivity index (χ4n) is 1.18. The van der Waals surface area contributed by atoms with Gasteiger partial charge >= 0.3 is 6.18 Å². The minimum atomic E-state index is -4.38. The van der Waals surface area contributed by atoms with E-state index in [0.717, 1.165) is 17.1 Å². The van der Waals surface area contributed by atoms with Crippen LogP contribution in [0.4, 0.5) is 13.2 Å². The molecule has 2 aromatic rings. The maximum absolute atomic E-state index is 12.3. The Morgan fingerprint density at radius 1 is 1.18 bits per heavy atom. The minimum Gasteiger partial charge on any atom is -0.266 e. The lowest BCUT2D eigenvalue weighted by Gasteiger charge is -2.02. The summed E-state index contributed by atoms with van der Waals surface area (Å²) in [6, 6.07) is 0. The molecule has 2 heterocycles. The van der Waals surface area contributed by atoms with Gasteiger partial charge in [-0.25, -0.2) is 4.98 Å². The van der Waals surface area contributed by atoms with Crippen LogP contribution in [0, 0.1) is 0 Å². The van der Waals surface area contributed by atoms with Gasteiger partial charge in [0.1, 0.15) is 5.15 Å². The molecule has 0 radical (unpaired) electrons. The van der Waals surface area contributed by atoms with Crippen molar-refractivity contribution in [1.82, 2.24) is 19.7 Å². The number of aromatic nitrogens is 4. The van der Waals surface area contributed by atoms with E-state index in [1.54, 1.807) is 0 Å². The standard InChI is InChI=1S/C9H6ClF3N4/c10-8-3-14-7(2-15-8)5-17-4-6(1-16-17)9(11,12)13/h1-4H,5H2. The molecule has 2 rings (SSSR count). The number of rotatable bonds is 2. The maximum atomic E-state index is 12.3. The van der Waals surface area contributed by atoms with E-state index < -0.39 is 11.7 Å². The molecule has 0 aliphatic heterocycles. The summed E-state index contributed by atoms with van der Waals surface area (Å²) >= 11 is 5.53. The summed E-state index contributed by atoms with van der Waals surface area (Å²) in [4.78, 5) is 7.68. The van der Waals surface area contributed by atoms with Gasteiger partial charge in [0.2, 0.25) is 0 Å². The first-order chi connectivity index (χ1) is 7.95. The van der Waals surface area contributed by atoms with Crippen LogP contribution in [0.15, 0.2) is 24.8 Å². The molecular formula is C9H6ClF3N4. The van der Waals surface area contributed by atoms with Crippen LogP contribution in [-0.4, -0.2) is 19.7 Å². The van der Waals surface area contributed by atoms with Crippen molar-refractivity contribution in [2.75, 3.05) is 0 Å². The Morgan fingerprint density at radius 3 is 2.47 bits per heavy atom. The first-order valence-corrected chi connectivity index (χ1v) is 4.89. The molecule has 0 atom stereocenters. The number of halogens is 4. The predicted octanol–water partition coefficient (Wildman–Crippen LogP) is 2.39. The number of hydrogen-bond donors (Lipinski definition) is 0. The van der Waals surface area contributed by atoms with Crippen molar-refractivity contribution < 1.29 is 13.2 Å². The molecule has 0 fully saturated rings. The molecular weight excluding hydrogens is 257 g/mol. The summed E-state index contributed by atoms with van der Waals surface area (Å²) in [6.07, 6.45) is 0.00585. The Balaban J connectivity index is 2.14. The summed E-state index contributed by atoms with van der Waals surface area (Å²) in [7, 11) is 0. The zero-order chi connectivity index (χ0) is 12.5. The van der Waals surface area contributed by atoms with Gasteiger partial charge in [-0.3, -0.25) is 9.67 Å². The highest BCUT2D eigenvalue weighted by Gasteiger charge is 2.32. The van der Waals surface area contributed by atoms with Crippen LogP contribution >= 0.6 is 11.6 Å². The Morgan fingerprint density at radius 2 is 1.94 bits per heavy atom. The van der Waals surface area contributed by atoms with Gasteiger partial charge in [-0.15, -0.1) is 0 Å². The van der Waals surface area contributed by atoms with Crippen molar-refractivity contribution in [3.05, 3.63) is 41.2 Å². The number of hydrogen-bond acceptors (Lipinski definition) is 3. The van der Waals surface area contributed by atoms with E-state index in [1.165, 1.54) is 12.4 Å². The van der Waals surface area contributed by atoms with Gasteiger partial charge in [0.05, 0.1) is 36.4 Å². The fraction of sp³-hybridized carbons (Fsp3) is 0.222. The normalized spacial score (nSPS) is 11.8. The second-order valence-corrected chi connectivity index (χ2v) is 3.64. The Kier molecular flexibility index (Phi) is 3.01. The average Bonchev–Trinajstić information content (AvgIpc) is 2.69. The van der Waals surface area contributed by atoms with Gasteiger partial charge < -0.3 is 0 Å². The molecule has 4 nitrogen and oxygen atoms in total. The molecule has 0 saturated heterocycles. The van der Waals surface area contributed by atoms with Crippen LogP contribution in [-0.2, 0) is 12.7 Å². The van der Waals surface area contributed by atoms with Crippen LogP contribution in [0.5, 0.6) is 0 Å². The van der Waals surface area contributed by atoms with Crippen LogP contribution in [0.2, 0.25) is 5.15 Å². The van der Waals surface area contributed by atoms with E-state index in [-0.39, 0.29) is 11.7 Å². The van der Waals surface area contributed by atoms with Crippen molar-refractivity contribution in [3.8, 4) is 0 Å². The van der Waals surface area contributed by atoms with Crippen LogP contribution in [0.3, 0.4) is 0 Å². The third-order valence-corrected chi connectivity index (χ3v) is 2.15. The van der Waals surface area contributed by atoms with E-state index in [2.05, 4.69) is 15.1 Å². The lowest BCUT2D eigenvalue weighted by Crippen LogP contribution is -2.05. The molecule has 0 amide bonds. The molecule has 0 aromatic carbocycles. The molecule has 17 heavy (non-hydrogen) atoms. The van der Waals surface area contributed by atoms with Gasteiger partial charge in [-0.05, 0) is 0 Å². The molecule has 0 unspecified atom stereocenters. The first kappa shape index (κ1) is 11.8. The summed E-state index contributed by atoms with van der Waals surface area (Å²) in [6.45, 7) is 0.111. The summed E-state index contributed by atoms with van der Waals surface area (Å²) in [5, 5.41) is 3.82. The summed E-state index contributed by atoms with van der Waals surface area (Å²) in [5.74, 6) is 0. The molecule has 0 N–H and O–H groups in total. The molecule has 90 valence electrons. The van der Waals surface area contributed by atoms with E-state index in [1.807, 2.05) is 0 Å². The zero-order valence-electron chi connectivity index (χ0n) is 8.32. The SMILES string of the molecule is FC(F)(F)c1cnn(Cc2cnc(Cl)cn2)c1. The van der Waals surface area contributed by atoms with Gasteiger partial charge in [0.15, 0.2) is 0 Å². The monoisotopic (exact) mass is 262 g/mol. The molecule has 0 spiro atoms. The first-order valence-electron chi connectivity index (χ1n) is 4.51. The average molecular weight is 263 g/mol. The van der Waals surface area contributed by atoms with E-state index in [4.69, 9.17) is 11.6 Å². The predicted molar refractivity (Wildman–Crippen MR) is 53.4 cm³/mol. The van der Waals surface area contributed by atoms with Crippen LogP contribution in [0.25, 0.3) is 0 Å².